The van der Waals surface area contributed by atoms with Crippen LogP contribution in [0.1, 0.15) is 34.3 Å². The number of pyridine rings is 1. The van der Waals surface area contributed by atoms with E-state index >= 15 is 0 Å². The summed E-state index contributed by atoms with van der Waals surface area (Å²) in [6.07, 6.45) is 4.21. The van der Waals surface area contributed by atoms with Gasteiger partial charge in [0.1, 0.15) is 6.23 Å². The molecule has 182 valence electrons. The maximum atomic E-state index is 13.5. The number of aromatic amines is 1. The van der Waals surface area contributed by atoms with Crippen molar-refractivity contribution in [3.8, 4) is 0 Å². The van der Waals surface area contributed by atoms with Crippen LogP contribution in [0.15, 0.2) is 90.0 Å². The molecule has 5 aromatic rings. The number of rotatable bonds is 7. The van der Waals surface area contributed by atoms with Crippen LogP contribution < -0.4 is 5.56 Å². The maximum absolute atomic E-state index is 13.5. The van der Waals surface area contributed by atoms with E-state index in [0.717, 1.165) is 39.8 Å². The lowest BCUT2D eigenvalue weighted by atomic mass is 10.1. The molecule has 0 fully saturated rings. The molecule has 1 aliphatic heterocycles. The lowest BCUT2D eigenvalue weighted by molar-refractivity contribution is -0.0122. The number of aliphatic hydroxyl groups is 1. The van der Waals surface area contributed by atoms with Crippen LogP contribution in [0.5, 0.6) is 0 Å². The summed E-state index contributed by atoms with van der Waals surface area (Å²) in [6.45, 7) is 2.28. The average Bonchev–Trinajstić information content (AvgIpc) is 3.47. The van der Waals surface area contributed by atoms with E-state index in [1.807, 2.05) is 76.4 Å². The molecule has 2 N–H and O–H groups in total. The molecule has 1 aliphatic rings. The first-order valence-electron chi connectivity index (χ1n) is 12.4. The van der Waals surface area contributed by atoms with Gasteiger partial charge in [-0.05, 0) is 47.6 Å². The highest BCUT2D eigenvalue weighted by atomic mass is 16.3. The monoisotopic (exact) mass is 479 g/mol. The highest BCUT2D eigenvalue weighted by Crippen LogP contribution is 2.28. The van der Waals surface area contributed by atoms with Gasteiger partial charge in [-0.3, -0.25) is 19.4 Å². The van der Waals surface area contributed by atoms with Crippen molar-refractivity contribution < 1.29 is 5.11 Å². The Kier molecular flexibility index (Phi) is 6.01. The topological polar surface area (TPSA) is 79.1 Å². The van der Waals surface area contributed by atoms with Gasteiger partial charge in [0.05, 0.1) is 17.9 Å². The van der Waals surface area contributed by atoms with Crippen LogP contribution in [0.25, 0.3) is 10.9 Å². The van der Waals surface area contributed by atoms with Crippen molar-refractivity contribution in [2.24, 2.45) is 0 Å². The molecule has 0 aliphatic carbocycles. The first kappa shape index (κ1) is 22.5. The van der Waals surface area contributed by atoms with Gasteiger partial charge in [-0.25, -0.2) is 4.68 Å². The molecule has 1 atom stereocenters. The van der Waals surface area contributed by atoms with E-state index in [2.05, 4.69) is 26.8 Å². The second-order valence-corrected chi connectivity index (χ2v) is 9.41. The summed E-state index contributed by atoms with van der Waals surface area (Å²) >= 11 is 0. The molecular weight excluding hydrogens is 450 g/mol. The minimum absolute atomic E-state index is 0.0737. The Morgan fingerprint density at radius 3 is 2.58 bits per heavy atom. The Hall–Kier alpha value is -3.94. The molecule has 2 aromatic carbocycles. The van der Waals surface area contributed by atoms with Crippen LogP contribution in [0.4, 0.5) is 0 Å². The number of aryl methyl sites for hydroxylation is 1. The van der Waals surface area contributed by atoms with Crippen LogP contribution >= 0.6 is 0 Å². The standard InChI is InChI=1S/C29H29N5O2/c35-28-24-13-15-32(29(36)26-17-23-10-4-5-11-25(23)31-26)20-27(24)34(19-22-9-6-14-30-18-22)33(28)16-12-21-7-2-1-3-8-21/h1-11,14,17-18,29,31,36H,12-13,15-16,19-20H2. The van der Waals surface area contributed by atoms with Gasteiger partial charge in [0.2, 0.25) is 0 Å². The molecule has 0 spiro atoms. The maximum Gasteiger partial charge on any atom is 0.270 e. The van der Waals surface area contributed by atoms with E-state index in [1.54, 1.807) is 6.20 Å². The minimum atomic E-state index is -0.778. The number of nitrogens with one attached hydrogen (secondary N) is 1. The minimum Gasteiger partial charge on any atom is -0.373 e. The first-order valence-corrected chi connectivity index (χ1v) is 12.4. The molecule has 4 heterocycles. The highest BCUT2D eigenvalue weighted by molar-refractivity contribution is 5.80. The van der Waals surface area contributed by atoms with Gasteiger partial charge in [0.25, 0.3) is 5.56 Å². The van der Waals surface area contributed by atoms with E-state index in [4.69, 9.17) is 0 Å². The molecule has 0 amide bonds. The van der Waals surface area contributed by atoms with E-state index in [1.165, 1.54) is 5.56 Å². The third-order valence-electron chi connectivity index (χ3n) is 7.13. The van der Waals surface area contributed by atoms with Gasteiger partial charge in [-0.1, -0.05) is 54.6 Å². The fourth-order valence-corrected chi connectivity index (χ4v) is 5.23. The number of hydrogen-bond acceptors (Lipinski definition) is 4. The first-order chi connectivity index (χ1) is 17.7. The van der Waals surface area contributed by atoms with Gasteiger partial charge in [-0.2, -0.15) is 0 Å². The molecular formula is C29H29N5O2. The van der Waals surface area contributed by atoms with Crippen molar-refractivity contribution in [2.75, 3.05) is 6.54 Å². The quantitative estimate of drug-likeness (QED) is 0.372. The van der Waals surface area contributed by atoms with Crippen molar-refractivity contribution >= 4 is 10.9 Å². The summed E-state index contributed by atoms with van der Waals surface area (Å²) in [5.41, 5.74) is 5.91. The Morgan fingerprint density at radius 2 is 1.78 bits per heavy atom. The van der Waals surface area contributed by atoms with E-state index in [9.17, 15) is 9.90 Å². The number of fused-ring (bicyclic) bond motifs is 2. The zero-order valence-electron chi connectivity index (χ0n) is 20.0. The number of hydrogen-bond donors (Lipinski definition) is 2. The smallest absolute Gasteiger partial charge is 0.270 e. The Morgan fingerprint density at radius 1 is 0.972 bits per heavy atom. The zero-order chi connectivity index (χ0) is 24.5. The molecule has 0 radical (unpaired) electrons. The van der Waals surface area contributed by atoms with E-state index in [0.29, 0.717) is 32.6 Å². The van der Waals surface area contributed by atoms with Crippen molar-refractivity contribution in [1.29, 1.82) is 0 Å². The van der Waals surface area contributed by atoms with Crippen LogP contribution in [-0.4, -0.2) is 35.9 Å². The van der Waals surface area contributed by atoms with Crippen LogP contribution in [0, 0.1) is 0 Å². The van der Waals surface area contributed by atoms with Crippen LogP contribution in [0.2, 0.25) is 0 Å². The number of H-pyrrole nitrogens is 1. The number of aliphatic hydroxyl groups excluding tert-OH is 1. The van der Waals surface area contributed by atoms with Crippen molar-refractivity contribution in [3.05, 3.63) is 124 Å². The Labute approximate surface area is 209 Å². The molecule has 7 heteroatoms. The zero-order valence-corrected chi connectivity index (χ0v) is 20.0. The highest BCUT2D eigenvalue weighted by Gasteiger charge is 2.30. The Bertz CT molecular complexity index is 1500. The fourth-order valence-electron chi connectivity index (χ4n) is 5.23. The molecule has 0 bridgehead atoms. The van der Waals surface area contributed by atoms with E-state index < -0.39 is 6.23 Å². The largest absolute Gasteiger partial charge is 0.373 e. The number of benzene rings is 2. The lowest BCUT2D eigenvalue weighted by Gasteiger charge is -2.31. The van der Waals surface area contributed by atoms with Gasteiger partial charge >= 0.3 is 0 Å². The van der Waals surface area contributed by atoms with E-state index in [-0.39, 0.29) is 5.56 Å². The normalized spacial score (nSPS) is 14.7. The third kappa shape index (κ3) is 4.27. The second kappa shape index (κ2) is 9.60. The third-order valence-corrected chi connectivity index (χ3v) is 7.13. The summed E-state index contributed by atoms with van der Waals surface area (Å²) in [5.74, 6) is 0. The average molecular weight is 480 g/mol. The lowest BCUT2D eigenvalue weighted by Crippen LogP contribution is -2.36. The number of nitrogens with zero attached hydrogens (tertiary/aromatic N) is 4. The van der Waals surface area contributed by atoms with Crippen LogP contribution in [-0.2, 0) is 32.5 Å². The summed E-state index contributed by atoms with van der Waals surface area (Å²) in [5, 5.41) is 12.3. The summed E-state index contributed by atoms with van der Waals surface area (Å²) < 4.78 is 3.98. The molecule has 3 aromatic heterocycles. The van der Waals surface area contributed by atoms with Crippen molar-refractivity contribution in [3.63, 3.8) is 0 Å². The van der Waals surface area contributed by atoms with Crippen molar-refractivity contribution in [2.45, 2.75) is 38.7 Å². The number of para-hydroxylation sites is 1. The second-order valence-electron chi connectivity index (χ2n) is 9.41. The predicted molar refractivity (Wildman–Crippen MR) is 140 cm³/mol. The number of aromatic nitrogens is 4. The summed E-state index contributed by atoms with van der Waals surface area (Å²) in [7, 11) is 0. The molecule has 0 saturated heterocycles. The van der Waals surface area contributed by atoms with Gasteiger partial charge in [0.15, 0.2) is 0 Å². The van der Waals surface area contributed by atoms with Gasteiger partial charge < -0.3 is 10.1 Å². The fraction of sp³-hybridized carbons (Fsp3) is 0.241. The predicted octanol–water partition coefficient (Wildman–Crippen LogP) is 3.87. The van der Waals surface area contributed by atoms with Crippen molar-refractivity contribution in [1.82, 2.24) is 24.2 Å². The molecule has 7 nitrogen and oxygen atoms in total. The molecule has 6 rings (SSSR count). The Balaban J connectivity index is 1.33. The molecule has 0 saturated carbocycles. The molecule has 1 unspecified atom stereocenters. The van der Waals surface area contributed by atoms with Gasteiger partial charge in [0, 0.05) is 43.1 Å². The summed E-state index contributed by atoms with van der Waals surface area (Å²) in [6, 6.07) is 24.2. The SMILES string of the molecule is O=c1c2c(n(Cc3cccnc3)n1CCc1ccccc1)CN(C(O)c1cc3ccccc3[nH]1)CC2. The van der Waals surface area contributed by atoms with Crippen LogP contribution in [0.3, 0.4) is 0 Å². The molecule has 36 heavy (non-hydrogen) atoms. The van der Waals surface area contributed by atoms with Gasteiger partial charge in [-0.15, -0.1) is 0 Å². The summed E-state index contributed by atoms with van der Waals surface area (Å²) in [4.78, 5) is 23.2.